The Morgan fingerprint density at radius 3 is 2.38 bits per heavy atom. The van der Waals surface area contributed by atoms with E-state index in [1.807, 2.05) is 30.3 Å². The molecular formula is C20H27NO5. The van der Waals surface area contributed by atoms with E-state index < -0.39 is 23.7 Å². The van der Waals surface area contributed by atoms with E-state index in [1.165, 1.54) is 18.7 Å². The van der Waals surface area contributed by atoms with Gasteiger partial charge in [-0.15, -0.1) is 0 Å². The lowest BCUT2D eigenvalue weighted by Crippen LogP contribution is -2.45. The van der Waals surface area contributed by atoms with E-state index in [9.17, 15) is 14.4 Å². The van der Waals surface area contributed by atoms with Gasteiger partial charge in [0.05, 0.1) is 7.11 Å². The Hall–Kier alpha value is -2.63. The summed E-state index contributed by atoms with van der Waals surface area (Å²) in [6.07, 6.45) is 3.76. The first-order valence-corrected chi connectivity index (χ1v) is 8.52. The van der Waals surface area contributed by atoms with Crippen LogP contribution in [-0.4, -0.2) is 36.6 Å². The van der Waals surface area contributed by atoms with E-state index in [0.29, 0.717) is 6.42 Å². The van der Waals surface area contributed by atoms with Crippen molar-refractivity contribution in [2.75, 3.05) is 7.11 Å². The molecule has 0 bridgehead atoms. The molecule has 1 atom stereocenters. The van der Waals surface area contributed by atoms with Crippen molar-refractivity contribution in [3.05, 3.63) is 48.0 Å². The van der Waals surface area contributed by atoms with Crippen molar-refractivity contribution in [2.45, 2.75) is 51.7 Å². The number of ketones is 1. The molecule has 0 aromatic heterocycles. The molecule has 0 radical (unpaired) electrons. The maximum Gasteiger partial charge on any atom is 0.408 e. The number of hydrogen-bond acceptors (Lipinski definition) is 5. The number of carbonyl (C=O) groups is 3. The number of amides is 1. The summed E-state index contributed by atoms with van der Waals surface area (Å²) in [6, 6.07) is 8.84. The number of benzene rings is 1. The molecule has 6 heteroatoms. The molecular weight excluding hydrogens is 334 g/mol. The second-order valence-corrected chi connectivity index (χ2v) is 6.82. The first-order chi connectivity index (χ1) is 12.2. The minimum Gasteiger partial charge on any atom is -0.467 e. The maximum absolute atomic E-state index is 12.1. The third-order valence-electron chi connectivity index (χ3n) is 3.33. The molecule has 1 amide bonds. The third-order valence-corrected chi connectivity index (χ3v) is 3.33. The first-order valence-electron chi connectivity index (χ1n) is 8.52. The summed E-state index contributed by atoms with van der Waals surface area (Å²) in [7, 11) is 1.20. The molecule has 0 aliphatic carbocycles. The van der Waals surface area contributed by atoms with Crippen LogP contribution in [0, 0.1) is 0 Å². The normalized spacial score (nSPS) is 12.5. The quantitative estimate of drug-likeness (QED) is 0.568. The number of alkyl carbamates (subject to hydrolysis) is 1. The van der Waals surface area contributed by atoms with Gasteiger partial charge in [0.2, 0.25) is 0 Å². The van der Waals surface area contributed by atoms with Gasteiger partial charge in [-0.1, -0.05) is 36.4 Å². The molecule has 1 aromatic carbocycles. The number of carbonyl (C=O) groups excluding carboxylic acids is 3. The van der Waals surface area contributed by atoms with E-state index in [-0.39, 0.29) is 12.2 Å². The Kier molecular flexibility index (Phi) is 8.55. The van der Waals surface area contributed by atoms with Crippen LogP contribution in [0.15, 0.2) is 42.5 Å². The van der Waals surface area contributed by atoms with Crippen molar-refractivity contribution in [3.8, 4) is 0 Å². The summed E-state index contributed by atoms with van der Waals surface area (Å²) < 4.78 is 9.75. The summed E-state index contributed by atoms with van der Waals surface area (Å²) in [5.41, 5.74) is 0.482. The van der Waals surface area contributed by atoms with Crippen LogP contribution in [0.4, 0.5) is 4.79 Å². The lowest BCUT2D eigenvalue weighted by atomic mass is 10.1. The van der Waals surface area contributed by atoms with E-state index in [1.54, 1.807) is 26.8 Å². The van der Waals surface area contributed by atoms with Gasteiger partial charge in [-0.25, -0.2) is 9.59 Å². The van der Waals surface area contributed by atoms with Crippen LogP contribution in [-0.2, 0) is 25.5 Å². The SMILES string of the molecule is COC(=O)[C@H](CC(=O)/C=C/CCc1ccccc1)NC(=O)OC(C)(C)C. The number of methoxy groups -OCH3 is 1. The fourth-order valence-corrected chi connectivity index (χ4v) is 2.16. The standard InChI is InChI=1S/C20H27NO5/c1-20(2,3)26-19(24)21-17(18(23)25-4)14-16(22)13-9-8-12-15-10-6-5-7-11-15/h5-7,9-11,13,17H,8,12,14H2,1-4H3,(H,21,24)/b13-9+/t17-/m0/s1. The zero-order valence-corrected chi connectivity index (χ0v) is 15.8. The smallest absolute Gasteiger partial charge is 0.408 e. The first kappa shape index (κ1) is 21.4. The molecule has 6 nitrogen and oxygen atoms in total. The Morgan fingerprint density at radius 2 is 1.81 bits per heavy atom. The summed E-state index contributed by atoms with van der Waals surface area (Å²) >= 11 is 0. The number of esters is 1. The van der Waals surface area contributed by atoms with Crippen LogP contribution in [0.1, 0.15) is 39.2 Å². The lowest BCUT2D eigenvalue weighted by molar-refractivity contribution is -0.144. The second kappa shape index (κ2) is 10.4. The number of nitrogens with one attached hydrogen (secondary N) is 1. The largest absolute Gasteiger partial charge is 0.467 e. The van der Waals surface area contributed by atoms with Crippen molar-refractivity contribution >= 4 is 17.8 Å². The van der Waals surface area contributed by atoms with Crippen LogP contribution in [0.3, 0.4) is 0 Å². The van der Waals surface area contributed by atoms with Gasteiger partial charge in [-0.05, 0) is 45.3 Å². The van der Waals surface area contributed by atoms with Gasteiger partial charge >= 0.3 is 12.1 Å². The predicted octanol–water partition coefficient (Wildman–Crippen LogP) is 3.20. The van der Waals surface area contributed by atoms with Gasteiger partial charge in [0, 0.05) is 6.42 Å². The molecule has 0 saturated carbocycles. The minimum absolute atomic E-state index is 0.187. The van der Waals surface area contributed by atoms with Crippen LogP contribution >= 0.6 is 0 Å². The Labute approximate surface area is 154 Å². The highest BCUT2D eigenvalue weighted by atomic mass is 16.6. The highest BCUT2D eigenvalue weighted by Crippen LogP contribution is 2.08. The molecule has 1 rings (SSSR count). The van der Waals surface area contributed by atoms with Crippen molar-refractivity contribution in [3.63, 3.8) is 0 Å². The fraction of sp³-hybridized carbons (Fsp3) is 0.450. The average Bonchev–Trinajstić information content (AvgIpc) is 2.56. The van der Waals surface area contributed by atoms with Crippen LogP contribution < -0.4 is 5.32 Å². The van der Waals surface area contributed by atoms with Gasteiger partial charge in [0.1, 0.15) is 11.6 Å². The molecule has 0 spiro atoms. The second-order valence-electron chi connectivity index (χ2n) is 6.82. The van der Waals surface area contributed by atoms with Crippen LogP contribution in [0.2, 0.25) is 0 Å². The minimum atomic E-state index is -1.08. The van der Waals surface area contributed by atoms with Gasteiger partial charge in [0.25, 0.3) is 0 Å². The van der Waals surface area contributed by atoms with E-state index >= 15 is 0 Å². The van der Waals surface area contributed by atoms with Crippen molar-refractivity contribution in [2.24, 2.45) is 0 Å². The molecule has 0 aliphatic rings. The van der Waals surface area contributed by atoms with E-state index in [2.05, 4.69) is 10.1 Å². The summed E-state index contributed by atoms with van der Waals surface area (Å²) in [5.74, 6) is -0.966. The summed E-state index contributed by atoms with van der Waals surface area (Å²) in [5, 5.41) is 2.38. The van der Waals surface area contributed by atoms with Crippen molar-refractivity contribution in [1.29, 1.82) is 0 Å². The van der Waals surface area contributed by atoms with Crippen molar-refractivity contribution < 1.29 is 23.9 Å². The van der Waals surface area contributed by atoms with Crippen LogP contribution in [0.5, 0.6) is 0 Å². The van der Waals surface area contributed by atoms with Gasteiger partial charge in [-0.2, -0.15) is 0 Å². The Morgan fingerprint density at radius 1 is 1.15 bits per heavy atom. The predicted molar refractivity (Wildman–Crippen MR) is 98.7 cm³/mol. The Bertz CT molecular complexity index is 631. The highest BCUT2D eigenvalue weighted by molar-refractivity contribution is 5.94. The fourth-order valence-electron chi connectivity index (χ4n) is 2.16. The zero-order valence-electron chi connectivity index (χ0n) is 15.8. The van der Waals surface area contributed by atoms with E-state index in [4.69, 9.17) is 4.74 Å². The number of aryl methyl sites for hydroxylation is 1. The number of rotatable bonds is 8. The average molecular weight is 361 g/mol. The maximum atomic E-state index is 12.1. The van der Waals surface area contributed by atoms with Crippen molar-refractivity contribution in [1.82, 2.24) is 5.32 Å². The summed E-state index contributed by atoms with van der Waals surface area (Å²) in [4.78, 5) is 35.7. The molecule has 26 heavy (non-hydrogen) atoms. The van der Waals surface area contributed by atoms with Gasteiger partial charge < -0.3 is 14.8 Å². The molecule has 142 valence electrons. The number of ether oxygens (including phenoxy) is 2. The van der Waals surface area contributed by atoms with Gasteiger partial charge in [-0.3, -0.25) is 4.79 Å². The lowest BCUT2D eigenvalue weighted by Gasteiger charge is -2.22. The van der Waals surface area contributed by atoms with Crippen LogP contribution in [0.25, 0.3) is 0 Å². The molecule has 1 aromatic rings. The molecule has 0 aliphatic heterocycles. The third kappa shape index (κ3) is 9.01. The van der Waals surface area contributed by atoms with Gasteiger partial charge in [0.15, 0.2) is 5.78 Å². The van der Waals surface area contributed by atoms with E-state index in [0.717, 1.165) is 6.42 Å². The molecule has 0 unspecified atom stereocenters. The molecule has 1 N–H and O–H groups in total. The number of hydrogen-bond donors (Lipinski definition) is 1. The zero-order chi connectivity index (χ0) is 19.6. The molecule has 0 saturated heterocycles. The molecule has 0 fully saturated rings. The Balaban J connectivity index is 2.52. The molecule has 0 heterocycles. The monoisotopic (exact) mass is 361 g/mol. The number of allylic oxidation sites excluding steroid dienone is 2. The highest BCUT2D eigenvalue weighted by Gasteiger charge is 2.26. The summed E-state index contributed by atoms with van der Waals surface area (Å²) in [6.45, 7) is 5.13. The topological polar surface area (TPSA) is 81.7 Å².